The number of likely N-dealkylation sites (tertiary alicyclic amines) is 1. The van der Waals surface area contributed by atoms with Gasteiger partial charge in [-0.05, 0) is 92.8 Å². The molecule has 1 fully saturated rings. The van der Waals surface area contributed by atoms with E-state index in [1.807, 2.05) is 6.07 Å². The van der Waals surface area contributed by atoms with E-state index in [-0.39, 0.29) is 11.9 Å². The summed E-state index contributed by atoms with van der Waals surface area (Å²) in [6.45, 7) is 3.73. The fraction of sp³-hybridized carbons (Fsp3) is 0.414. The summed E-state index contributed by atoms with van der Waals surface area (Å²) in [5.41, 5.74) is 5.45. The molecule has 1 amide bonds. The maximum absolute atomic E-state index is 12.1. The molecule has 3 aromatic rings. The number of hydrogen-bond donors (Lipinski definition) is 1. The van der Waals surface area contributed by atoms with Crippen molar-refractivity contribution in [2.45, 2.75) is 57.9 Å². The number of benzene rings is 2. The number of carbonyl (C=O) groups excluding carboxylic acids is 1. The van der Waals surface area contributed by atoms with Crippen LogP contribution in [0.5, 0.6) is 0 Å². The molecule has 2 heterocycles. The monoisotopic (exact) mass is 492 g/mol. The highest BCUT2D eigenvalue weighted by Gasteiger charge is 2.34. The molecule has 178 valence electrons. The van der Waals surface area contributed by atoms with E-state index in [0.717, 1.165) is 42.4 Å². The van der Waals surface area contributed by atoms with Gasteiger partial charge in [-0.1, -0.05) is 54.1 Å². The summed E-state index contributed by atoms with van der Waals surface area (Å²) < 4.78 is 0. The van der Waals surface area contributed by atoms with Gasteiger partial charge in [-0.2, -0.15) is 0 Å². The molecule has 5 heteroatoms. The van der Waals surface area contributed by atoms with Crippen LogP contribution in [0.3, 0.4) is 0 Å². The zero-order valence-electron chi connectivity index (χ0n) is 19.9. The van der Waals surface area contributed by atoms with Crippen LogP contribution in [-0.4, -0.2) is 23.9 Å². The number of amides is 1. The highest BCUT2D eigenvalue weighted by atomic mass is 35.5. The molecule has 2 aromatic carbocycles. The van der Waals surface area contributed by atoms with Gasteiger partial charge in [0.25, 0.3) is 0 Å². The lowest BCUT2D eigenvalue weighted by atomic mass is 9.85. The second-order valence-electron chi connectivity index (χ2n) is 9.76. The van der Waals surface area contributed by atoms with Gasteiger partial charge >= 0.3 is 0 Å². The number of nitrogens with zero attached hydrogens (tertiary/aromatic N) is 1. The first-order valence-electron chi connectivity index (χ1n) is 12.5. The van der Waals surface area contributed by atoms with E-state index in [4.69, 9.17) is 11.6 Å². The topological polar surface area (TPSA) is 32.3 Å². The number of halogens is 1. The highest BCUT2D eigenvalue weighted by Crippen LogP contribution is 2.46. The average molecular weight is 493 g/mol. The number of rotatable bonds is 6. The summed E-state index contributed by atoms with van der Waals surface area (Å²) in [6.07, 6.45) is 8.20. The third kappa shape index (κ3) is 5.25. The second kappa shape index (κ2) is 10.6. The third-order valence-corrected chi connectivity index (χ3v) is 8.78. The van der Waals surface area contributed by atoms with Crippen LogP contribution in [0, 0.1) is 5.92 Å². The minimum atomic E-state index is 0.00580. The number of nitrogens with one attached hydrogen (secondary N) is 1. The van der Waals surface area contributed by atoms with Gasteiger partial charge in [-0.3, -0.25) is 9.69 Å². The molecule has 0 saturated carbocycles. The Labute approximate surface area is 212 Å². The van der Waals surface area contributed by atoms with Crippen LogP contribution < -0.4 is 5.32 Å². The lowest BCUT2D eigenvalue weighted by Crippen LogP contribution is -2.38. The summed E-state index contributed by atoms with van der Waals surface area (Å²) in [5.74, 6) is 0.719. The van der Waals surface area contributed by atoms with Crippen LogP contribution in [0.1, 0.15) is 65.8 Å². The molecule has 1 unspecified atom stereocenters. The van der Waals surface area contributed by atoms with Gasteiger partial charge in [0.1, 0.15) is 5.00 Å². The molecule has 1 N–H and O–H groups in total. The van der Waals surface area contributed by atoms with E-state index >= 15 is 0 Å². The molecule has 1 atom stereocenters. The number of anilines is 1. The molecule has 1 aliphatic carbocycles. The molecule has 1 aliphatic heterocycles. The first-order chi connectivity index (χ1) is 16.6. The third-order valence-electron chi connectivity index (χ3n) is 7.32. The fourth-order valence-corrected chi connectivity index (χ4v) is 7.30. The van der Waals surface area contributed by atoms with Gasteiger partial charge in [0.2, 0.25) is 5.91 Å². The van der Waals surface area contributed by atoms with Crippen molar-refractivity contribution < 1.29 is 4.79 Å². The maximum Gasteiger partial charge on any atom is 0.221 e. The van der Waals surface area contributed by atoms with Gasteiger partial charge in [0, 0.05) is 22.4 Å². The van der Waals surface area contributed by atoms with Crippen molar-refractivity contribution in [2.24, 2.45) is 5.92 Å². The zero-order valence-corrected chi connectivity index (χ0v) is 21.4. The molecule has 0 radical (unpaired) electrons. The minimum absolute atomic E-state index is 0.00580. The van der Waals surface area contributed by atoms with E-state index in [0.29, 0.717) is 5.92 Å². The number of aryl methyl sites for hydroxylation is 1. The molecule has 3 nitrogen and oxygen atoms in total. The summed E-state index contributed by atoms with van der Waals surface area (Å²) in [7, 11) is 0. The van der Waals surface area contributed by atoms with E-state index in [2.05, 4.69) is 58.7 Å². The minimum Gasteiger partial charge on any atom is -0.318 e. The van der Waals surface area contributed by atoms with Crippen molar-refractivity contribution in [1.29, 1.82) is 0 Å². The van der Waals surface area contributed by atoms with Gasteiger partial charge in [0.15, 0.2) is 0 Å². The molecule has 2 aliphatic rings. The van der Waals surface area contributed by atoms with Crippen molar-refractivity contribution in [1.82, 2.24) is 4.90 Å². The number of fused-ring (bicyclic) bond motifs is 1. The molecule has 5 rings (SSSR count). The first kappa shape index (κ1) is 23.6. The molecular formula is C29H33ClN2OS. The van der Waals surface area contributed by atoms with E-state index in [9.17, 15) is 4.79 Å². The summed E-state index contributed by atoms with van der Waals surface area (Å²) >= 11 is 8.28. The zero-order chi connectivity index (χ0) is 23.5. The van der Waals surface area contributed by atoms with Crippen LogP contribution in [0.25, 0.3) is 0 Å². The van der Waals surface area contributed by atoms with Crippen LogP contribution in [0.2, 0.25) is 5.02 Å². The number of piperidine rings is 1. The Morgan fingerprint density at radius 3 is 2.59 bits per heavy atom. The Morgan fingerprint density at radius 2 is 1.85 bits per heavy atom. The normalized spacial score (nSPS) is 17.8. The predicted octanol–water partition coefficient (Wildman–Crippen LogP) is 7.28. The molecule has 0 spiro atoms. The van der Waals surface area contributed by atoms with Crippen molar-refractivity contribution in [2.75, 3.05) is 18.4 Å². The van der Waals surface area contributed by atoms with Crippen LogP contribution >= 0.6 is 22.9 Å². The lowest BCUT2D eigenvalue weighted by molar-refractivity contribution is -0.114. The molecule has 1 saturated heterocycles. The van der Waals surface area contributed by atoms with Gasteiger partial charge in [0.05, 0.1) is 6.04 Å². The van der Waals surface area contributed by atoms with Crippen molar-refractivity contribution in [3.63, 3.8) is 0 Å². The smallest absolute Gasteiger partial charge is 0.221 e. The van der Waals surface area contributed by atoms with Gasteiger partial charge in [-0.15, -0.1) is 11.3 Å². The van der Waals surface area contributed by atoms with Crippen molar-refractivity contribution in [3.8, 4) is 0 Å². The molecule has 0 bridgehead atoms. The lowest BCUT2D eigenvalue weighted by Gasteiger charge is -2.39. The highest BCUT2D eigenvalue weighted by molar-refractivity contribution is 7.16. The number of carbonyl (C=O) groups is 1. The van der Waals surface area contributed by atoms with Gasteiger partial charge in [-0.25, -0.2) is 0 Å². The summed E-state index contributed by atoms with van der Waals surface area (Å²) in [6, 6.07) is 19.3. The SMILES string of the molecule is CC(=O)Nc1sc2c(c1C(c1cccc(Cl)c1)N1CCC(Cc3ccccc3)CC1)CCCC2. The van der Waals surface area contributed by atoms with E-state index in [1.54, 1.807) is 18.3 Å². The van der Waals surface area contributed by atoms with Crippen molar-refractivity contribution >= 4 is 33.8 Å². The largest absolute Gasteiger partial charge is 0.318 e. The summed E-state index contributed by atoms with van der Waals surface area (Å²) in [4.78, 5) is 16.2. The molecule has 1 aromatic heterocycles. The first-order valence-corrected chi connectivity index (χ1v) is 13.7. The maximum atomic E-state index is 12.1. The number of hydrogen-bond acceptors (Lipinski definition) is 3. The van der Waals surface area contributed by atoms with Crippen molar-refractivity contribution in [3.05, 3.63) is 86.8 Å². The standard InChI is InChI=1S/C29H33ClN2OS/c1-20(33)31-29-27(25-12-5-6-13-26(25)34-29)28(23-10-7-11-24(30)19-23)32-16-14-22(15-17-32)18-21-8-3-2-4-9-21/h2-4,7-11,19,22,28H,5-6,12-18H2,1H3,(H,31,33). The predicted molar refractivity (Wildman–Crippen MR) is 143 cm³/mol. The molecule has 34 heavy (non-hydrogen) atoms. The van der Waals surface area contributed by atoms with Crippen LogP contribution in [0.4, 0.5) is 5.00 Å². The molecular weight excluding hydrogens is 460 g/mol. The average Bonchev–Trinajstić information content (AvgIpc) is 3.18. The van der Waals surface area contributed by atoms with E-state index in [1.165, 1.54) is 52.8 Å². The fourth-order valence-electron chi connectivity index (χ4n) is 5.73. The Bertz CT molecular complexity index is 1130. The Hall–Kier alpha value is -2.14. The Kier molecular flexibility index (Phi) is 7.38. The second-order valence-corrected chi connectivity index (χ2v) is 11.3. The Balaban J connectivity index is 1.47. The Morgan fingerprint density at radius 1 is 1.09 bits per heavy atom. The summed E-state index contributed by atoms with van der Waals surface area (Å²) in [5, 5.41) is 5.00. The van der Waals surface area contributed by atoms with Crippen LogP contribution in [-0.2, 0) is 24.1 Å². The van der Waals surface area contributed by atoms with E-state index < -0.39 is 0 Å². The quantitative estimate of drug-likeness (QED) is 0.392. The van der Waals surface area contributed by atoms with Crippen LogP contribution in [0.15, 0.2) is 54.6 Å². The van der Waals surface area contributed by atoms with Gasteiger partial charge < -0.3 is 5.32 Å². The number of thiophene rings is 1.